The highest BCUT2D eigenvalue weighted by atomic mass is 16.5. The van der Waals surface area contributed by atoms with E-state index >= 15 is 0 Å². The molecule has 0 heterocycles. The minimum absolute atomic E-state index is 0.156. The topological polar surface area (TPSA) is 89.9 Å². The fourth-order valence-electron chi connectivity index (χ4n) is 3.16. The number of carboxylic acid groups (broad SMARTS) is 1. The molecule has 1 aliphatic carbocycles. The first-order chi connectivity index (χ1) is 11.5. The first-order valence-corrected chi connectivity index (χ1v) is 8.44. The van der Waals surface area contributed by atoms with Crippen LogP contribution in [0, 0.1) is 5.41 Å². The lowest BCUT2D eigenvalue weighted by atomic mass is 9.79. The Bertz CT molecular complexity index is 572. The summed E-state index contributed by atoms with van der Waals surface area (Å²) in [4.78, 5) is 34.3. The Morgan fingerprint density at radius 2 is 1.76 bits per heavy atom. The van der Waals surface area contributed by atoms with E-state index in [1.807, 2.05) is 13.8 Å². The number of hydrogen-bond donors (Lipinski definition) is 1. The molecule has 1 aliphatic rings. The summed E-state index contributed by atoms with van der Waals surface area (Å²) >= 11 is 0. The molecule has 0 amide bonds. The van der Waals surface area contributed by atoms with Gasteiger partial charge in [0.15, 0.2) is 0 Å². The van der Waals surface area contributed by atoms with Crippen LogP contribution in [0.2, 0.25) is 0 Å². The summed E-state index contributed by atoms with van der Waals surface area (Å²) in [7, 11) is 0. The van der Waals surface area contributed by atoms with E-state index in [9.17, 15) is 19.5 Å². The molecule has 1 N–H and O–H groups in total. The van der Waals surface area contributed by atoms with E-state index in [0.717, 1.165) is 5.57 Å². The van der Waals surface area contributed by atoms with Crippen molar-refractivity contribution in [2.75, 3.05) is 0 Å². The molecule has 140 valence electrons. The second-order valence-corrected chi connectivity index (χ2v) is 7.34. The molecule has 6 heteroatoms. The first-order valence-electron chi connectivity index (χ1n) is 8.44. The van der Waals surface area contributed by atoms with Crippen molar-refractivity contribution < 1.29 is 29.0 Å². The second kappa shape index (κ2) is 8.83. The van der Waals surface area contributed by atoms with Crippen molar-refractivity contribution in [3.8, 4) is 0 Å². The molecule has 25 heavy (non-hydrogen) atoms. The van der Waals surface area contributed by atoms with Gasteiger partial charge in [0.2, 0.25) is 0 Å². The molecule has 0 aromatic rings. The second-order valence-electron chi connectivity index (χ2n) is 7.34. The summed E-state index contributed by atoms with van der Waals surface area (Å²) in [5, 5.41) is 9.41. The molecular formula is C19H28O6. The maximum atomic E-state index is 11.5. The predicted molar refractivity (Wildman–Crippen MR) is 92.8 cm³/mol. The van der Waals surface area contributed by atoms with Crippen LogP contribution in [0.5, 0.6) is 0 Å². The quantitative estimate of drug-likeness (QED) is 0.618. The van der Waals surface area contributed by atoms with Gasteiger partial charge in [0.1, 0.15) is 12.2 Å². The van der Waals surface area contributed by atoms with E-state index in [-0.39, 0.29) is 23.4 Å². The third kappa shape index (κ3) is 7.54. The van der Waals surface area contributed by atoms with Crippen LogP contribution < -0.4 is 0 Å². The van der Waals surface area contributed by atoms with Crippen molar-refractivity contribution in [3.63, 3.8) is 0 Å². The summed E-state index contributed by atoms with van der Waals surface area (Å²) in [5.41, 5.74) is 0.646. The molecule has 6 nitrogen and oxygen atoms in total. The number of aliphatic carboxylic acids is 1. The van der Waals surface area contributed by atoms with E-state index in [4.69, 9.17) is 9.47 Å². The van der Waals surface area contributed by atoms with Crippen molar-refractivity contribution in [1.82, 2.24) is 0 Å². The molecular weight excluding hydrogens is 324 g/mol. The van der Waals surface area contributed by atoms with Gasteiger partial charge in [0, 0.05) is 25.8 Å². The fourth-order valence-corrected chi connectivity index (χ4v) is 3.16. The first kappa shape index (κ1) is 20.9. The Balaban J connectivity index is 3.15. The SMILES string of the molecule is C=C1CCC=C(C(=O)O)CC(OC(C)=O)CC(C)(C)CC1OC(C)=O. The van der Waals surface area contributed by atoms with Gasteiger partial charge in [-0.2, -0.15) is 0 Å². The highest BCUT2D eigenvalue weighted by Crippen LogP contribution is 2.35. The van der Waals surface area contributed by atoms with E-state index in [2.05, 4.69) is 6.58 Å². The van der Waals surface area contributed by atoms with Crippen LogP contribution in [-0.2, 0) is 23.9 Å². The molecule has 0 aromatic carbocycles. The molecule has 2 atom stereocenters. The van der Waals surface area contributed by atoms with E-state index in [1.165, 1.54) is 13.8 Å². The number of carbonyl (C=O) groups excluding carboxylic acids is 2. The fraction of sp³-hybridized carbons (Fsp3) is 0.632. The number of esters is 2. The van der Waals surface area contributed by atoms with Crippen LogP contribution >= 0.6 is 0 Å². The smallest absolute Gasteiger partial charge is 0.331 e. The average Bonchev–Trinajstić information content (AvgIpc) is 2.43. The maximum Gasteiger partial charge on any atom is 0.331 e. The molecule has 0 aromatic heterocycles. The summed E-state index contributed by atoms with van der Waals surface area (Å²) < 4.78 is 10.8. The molecule has 0 saturated carbocycles. The van der Waals surface area contributed by atoms with E-state index < -0.39 is 24.1 Å². The number of ether oxygens (including phenoxy) is 2. The van der Waals surface area contributed by atoms with E-state index in [0.29, 0.717) is 25.7 Å². The number of allylic oxidation sites excluding steroid dienone is 1. The van der Waals surface area contributed by atoms with Crippen molar-refractivity contribution in [2.45, 2.75) is 72.0 Å². The van der Waals surface area contributed by atoms with Gasteiger partial charge in [-0.25, -0.2) is 4.79 Å². The zero-order valence-corrected chi connectivity index (χ0v) is 15.5. The van der Waals surface area contributed by atoms with Crippen molar-refractivity contribution in [3.05, 3.63) is 23.8 Å². The van der Waals surface area contributed by atoms with Crippen LogP contribution in [0.4, 0.5) is 0 Å². The zero-order chi connectivity index (χ0) is 19.2. The molecule has 0 fully saturated rings. The highest BCUT2D eigenvalue weighted by molar-refractivity contribution is 5.86. The lowest BCUT2D eigenvalue weighted by Gasteiger charge is -2.33. The summed E-state index contributed by atoms with van der Waals surface area (Å²) in [5.74, 6) is -1.84. The Morgan fingerprint density at radius 3 is 2.28 bits per heavy atom. The van der Waals surface area contributed by atoms with Gasteiger partial charge in [-0.05, 0) is 36.7 Å². The van der Waals surface area contributed by atoms with Gasteiger partial charge in [0.25, 0.3) is 0 Å². The molecule has 0 saturated heterocycles. The minimum Gasteiger partial charge on any atom is -0.478 e. The monoisotopic (exact) mass is 352 g/mol. The van der Waals surface area contributed by atoms with Crippen LogP contribution in [0.25, 0.3) is 0 Å². The highest BCUT2D eigenvalue weighted by Gasteiger charge is 2.32. The summed E-state index contributed by atoms with van der Waals surface area (Å²) in [6.45, 7) is 10.6. The molecule has 0 spiro atoms. The average molecular weight is 352 g/mol. The molecule has 1 rings (SSSR count). The number of carboxylic acids is 1. The van der Waals surface area contributed by atoms with Crippen LogP contribution in [0.15, 0.2) is 23.8 Å². The number of hydrogen-bond acceptors (Lipinski definition) is 5. The third-order valence-corrected chi connectivity index (χ3v) is 4.19. The molecule has 0 bridgehead atoms. The van der Waals surface area contributed by atoms with Crippen LogP contribution in [0.1, 0.15) is 59.8 Å². The van der Waals surface area contributed by atoms with Gasteiger partial charge in [-0.15, -0.1) is 0 Å². The van der Waals surface area contributed by atoms with Crippen molar-refractivity contribution >= 4 is 17.9 Å². The van der Waals surface area contributed by atoms with Crippen LogP contribution in [0.3, 0.4) is 0 Å². The zero-order valence-electron chi connectivity index (χ0n) is 15.5. The van der Waals surface area contributed by atoms with Gasteiger partial charge in [0.05, 0.1) is 0 Å². The molecule has 0 aliphatic heterocycles. The third-order valence-electron chi connectivity index (χ3n) is 4.19. The number of rotatable bonds is 3. The predicted octanol–water partition coefficient (Wildman–Crippen LogP) is 3.41. The number of carbonyl (C=O) groups is 3. The van der Waals surface area contributed by atoms with Gasteiger partial charge in [-0.3, -0.25) is 9.59 Å². The van der Waals surface area contributed by atoms with E-state index in [1.54, 1.807) is 6.08 Å². The normalized spacial score (nSPS) is 24.5. The van der Waals surface area contributed by atoms with Crippen molar-refractivity contribution in [2.24, 2.45) is 5.41 Å². The Kier molecular flexibility index (Phi) is 7.39. The molecule has 2 unspecified atom stereocenters. The molecule has 0 radical (unpaired) electrons. The standard InChI is InChI=1S/C19H28O6/c1-12-7-6-8-15(18(22)23)9-16(24-13(2)20)10-19(4,5)11-17(12)25-14(3)21/h8,16-17H,1,6-7,9-11H2,2-5H3,(H,22,23). The Morgan fingerprint density at radius 1 is 1.16 bits per heavy atom. The Hall–Kier alpha value is -2.11. The maximum absolute atomic E-state index is 11.5. The summed E-state index contributed by atoms with van der Waals surface area (Å²) in [6, 6.07) is 0. The van der Waals surface area contributed by atoms with Crippen molar-refractivity contribution in [1.29, 1.82) is 0 Å². The van der Waals surface area contributed by atoms with Crippen LogP contribution in [-0.4, -0.2) is 35.2 Å². The van der Waals surface area contributed by atoms with Gasteiger partial charge in [-0.1, -0.05) is 26.5 Å². The minimum atomic E-state index is -1.02. The van der Waals surface area contributed by atoms with Gasteiger partial charge < -0.3 is 14.6 Å². The lowest BCUT2D eigenvalue weighted by Crippen LogP contribution is -2.31. The summed E-state index contributed by atoms with van der Waals surface area (Å²) in [6.07, 6.45) is 2.81. The van der Waals surface area contributed by atoms with Gasteiger partial charge >= 0.3 is 17.9 Å². The largest absolute Gasteiger partial charge is 0.478 e. The lowest BCUT2D eigenvalue weighted by molar-refractivity contribution is -0.149. The Labute approximate surface area is 148 Å².